The number of hydrogen-bond donors (Lipinski definition) is 0. The Hall–Kier alpha value is -1.34. The highest BCUT2D eigenvalue weighted by molar-refractivity contribution is 9.10. The van der Waals surface area contributed by atoms with Gasteiger partial charge in [-0.1, -0.05) is 71.8 Å². The lowest BCUT2D eigenvalue weighted by Gasteiger charge is -2.14. The van der Waals surface area contributed by atoms with E-state index < -0.39 is 0 Å². The van der Waals surface area contributed by atoms with E-state index in [0.717, 1.165) is 0 Å². The topological polar surface area (TPSA) is 0 Å². The predicted octanol–water partition coefficient (Wildman–Crippen LogP) is 6.26. The molecule has 0 amide bonds. The van der Waals surface area contributed by atoms with E-state index in [2.05, 4.69) is 78.3 Å². The molecule has 2 aromatic rings. The molecule has 2 aromatic carbocycles. The van der Waals surface area contributed by atoms with Crippen molar-refractivity contribution < 1.29 is 0 Å². The molecule has 0 saturated heterocycles. The third kappa shape index (κ3) is 2.98. The van der Waals surface area contributed by atoms with Gasteiger partial charge in [0, 0.05) is 10.4 Å². The van der Waals surface area contributed by atoms with Gasteiger partial charge in [0.15, 0.2) is 0 Å². The van der Waals surface area contributed by atoms with Gasteiger partial charge in [-0.2, -0.15) is 0 Å². The summed E-state index contributed by atoms with van der Waals surface area (Å²) in [4.78, 5) is 0. The van der Waals surface area contributed by atoms with Crippen molar-refractivity contribution >= 4 is 22.0 Å². The molecule has 1 atom stereocenters. The molecule has 1 unspecified atom stereocenters. The Morgan fingerprint density at radius 1 is 1.10 bits per heavy atom. The highest BCUT2D eigenvalue weighted by atomic mass is 79.9. The third-order valence-corrected chi connectivity index (χ3v) is 5.18. The third-order valence-electron chi connectivity index (χ3n) is 4.33. The smallest absolute Gasteiger partial charge is 0.0278 e. The number of aryl methyl sites for hydroxylation is 2. The molecule has 1 aliphatic rings. The van der Waals surface area contributed by atoms with Gasteiger partial charge in [0.05, 0.1) is 0 Å². The molecule has 0 heterocycles. The van der Waals surface area contributed by atoms with Gasteiger partial charge in [-0.05, 0) is 53.6 Å². The fraction of sp³-hybridized carbons (Fsp3) is 0.300. The first-order valence-electron chi connectivity index (χ1n) is 7.76. The summed E-state index contributed by atoms with van der Waals surface area (Å²) in [5, 5.41) is 0. The van der Waals surface area contributed by atoms with Crippen LogP contribution in [0.3, 0.4) is 0 Å². The van der Waals surface area contributed by atoms with Crippen LogP contribution in [-0.2, 0) is 6.42 Å². The standard InChI is InChI=1S/C20H21Br/c1-3-4-5-15-6-8-16(9-7-15)18-11-10-17-13-20(21)14(2)12-19(17)18/h6-13,18H,3-5H2,1-2H3. The quantitative estimate of drug-likeness (QED) is 0.616. The molecule has 0 fully saturated rings. The van der Waals surface area contributed by atoms with Gasteiger partial charge in [-0.15, -0.1) is 0 Å². The zero-order chi connectivity index (χ0) is 14.8. The van der Waals surface area contributed by atoms with Crippen LogP contribution in [0.4, 0.5) is 0 Å². The highest BCUT2D eigenvalue weighted by Gasteiger charge is 2.20. The van der Waals surface area contributed by atoms with Crippen molar-refractivity contribution in [3.8, 4) is 0 Å². The second kappa shape index (κ2) is 6.19. The Balaban J connectivity index is 1.87. The van der Waals surface area contributed by atoms with Gasteiger partial charge >= 0.3 is 0 Å². The van der Waals surface area contributed by atoms with Crippen LogP contribution in [0.15, 0.2) is 46.9 Å². The summed E-state index contributed by atoms with van der Waals surface area (Å²) >= 11 is 3.62. The van der Waals surface area contributed by atoms with Crippen molar-refractivity contribution in [1.82, 2.24) is 0 Å². The van der Waals surface area contributed by atoms with E-state index in [9.17, 15) is 0 Å². The van der Waals surface area contributed by atoms with Crippen molar-refractivity contribution in [3.63, 3.8) is 0 Å². The summed E-state index contributed by atoms with van der Waals surface area (Å²) in [6.45, 7) is 4.41. The molecule has 0 spiro atoms. The van der Waals surface area contributed by atoms with Crippen LogP contribution >= 0.6 is 15.9 Å². The second-order valence-electron chi connectivity index (χ2n) is 5.91. The molecule has 108 valence electrons. The molecule has 0 aromatic heterocycles. The maximum atomic E-state index is 3.62. The van der Waals surface area contributed by atoms with Gasteiger partial charge in [-0.25, -0.2) is 0 Å². The van der Waals surface area contributed by atoms with E-state index >= 15 is 0 Å². The minimum Gasteiger partial charge on any atom is -0.0720 e. The lowest BCUT2D eigenvalue weighted by Crippen LogP contribution is -1.97. The first-order valence-corrected chi connectivity index (χ1v) is 8.55. The Morgan fingerprint density at radius 3 is 2.57 bits per heavy atom. The zero-order valence-corrected chi connectivity index (χ0v) is 14.3. The lowest BCUT2D eigenvalue weighted by molar-refractivity contribution is 0.794. The van der Waals surface area contributed by atoms with Crippen LogP contribution in [0.2, 0.25) is 0 Å². The average Bonchev–Trinajstić information content (AvgIpc) is 2.89. The van der Waals surface area contributed by atoms with Crippen molar-refractivity contribution in [3.05, 3.63) is 74.8 Å². The molecular weight excluding hydrogens is 320 g/mol. The summed E-state index contributed by atoms with van der Waals surface area (Å²) in [5.41, 5.74) is 6.92. The summed E-state index contributed by atoms with van der Waals surface area (Å²) in [6.07, 6.45) is 8.29. The normalized spacial score (nSPS) is 16.2. The molecule has 0 radical (unpaired) electrons. The SMILES string of the molecule is CCCCc1ccc(C2C=Cc3cc(Br)c(C)cc32)cc1. The van der Waals surface area contributed by atoms with Crippen LogP contribution in [0.1, 0.15) is 53.5 Å². The summed E-state index contributed by atoms with van der Waals surface area (Å²) < 4.78 is 1.20. The van der Waals surface area contributed by atoms with E-state index in [-0.39, 0.29) is 0 Å². The summed E-state index contributed by atoms with van der Waals surface area (Å²) in [6, 6.07) is 13.7. The fourth-order valence-corrected chi connectivity index (χ4v) is 3.36. The van der Waals surface area contributed by atoms with Crippen LogP contribution in [0.5, 0.6) is 0 Å². The minimum atomic E-state index is 0.409. The monoisotopic (exact) mass is 340 g/mol. The first-order chi connectivity index (χ1) is 10.2. The van der Waals surface area contributed by atoms with Gasteiger partial charge in [0.25, 0.3) is 0 Å². The molecule has 0 N–H and O–H groups in total. The first kappa shape index (κ1) is 14.6. The molecule has 0 saturated carbocycles. The van der Waals surface area contributed by atoms with Gasteiger partial charge in [-0.3, -0.25) is 0 Å². The Morgan fingerprint density at radius 2 is 1.86 bits per heavy atom. The number of benzene rings is 2. The number of unbranched alkanes of at least 4 members (excludes halogenated alkanes) is 1. The minimum absolute atomic E-state index is 0.409. The number of hydrogen-bond acceptors (Lipinski definition) is 0. The van der Waals surface area contributed by atoms with Gasteiger partial charge in [0.2, 0.25) is 0 Å². The molecule has 0 aliphatic heterocycles. The maximum absolute atomic E-state index is 3.62. The van der Waals surface area contributed by atoms with Crippen molar-refractivity contribution in [2.45, 2.75) is 39.0 Å². The average molecular weight is 341 g/mol. The maximum Gasteiger partial charge on any atom is 0.0278 e. The summed E-state index contributed by atoms with van der Waals surface area (Å²) in [5.74, 6) is 0.409. The molecule has 21 heavy (non-hydrogen) atoms. The fourth-order valence-electron chi connectivity index (χ4n) is 3.00. The molecule has 1 aliphatic carbocycles. The van der Waals surface area contributed by atoms with E-state index in [1.165, 1.54) is 51.6 Å². The van der Waals surface area contributed by atoms with Crippen LogP contribution < -0.4 is 0 Å². The molecule has 0 bridgehead atoms. The van der Waals surface area contributed by atoms with Crippen LogP contribution in [-0.4, -0.2) is 0 Å². The van der Waals surface area contributed by atoms with E-state index in [1.807, 2.05) is 0 Å². The predicted molar refractivity (Wildman–Crippen MR) is 94.8 cm³/mol. The van der Waals surface area contributed by atoms with Crippen LogP contribution in [0, 0.1) is 6.92 Å². The van der Waals surface area contributed by atoms with Crippen molar-refractivity contribution in [2.24, 2.45) is 0 Å². The van der Waals surface area contributed by atoms with E-state index in [4.69, 9.17) is 0 Å². The Bertz CT molecular complexity index is 665. The Kier molecular flexibility index (Phi) is 4.30. The van der Waals surface area contributed by atoms with Crippen LogP contribution in [0.25, 0.3) is 6.08 Å². The lowest BCUT2D eigenvalue weighted by atomic mass is 9.91. The number of rotatable bonds is 4. The number of fused-ring (bicyclic) bond motifs is 1. The molecule has 0 nitrogen and oxygen atoms in total. The number of allylic oxidation sites excluding steroid dienone is 1. The molecule has 1 heteroatoms. The summed E-state index contributed by atoms with van der Waals surface area (Å²) in [7, 11) is 0. The largest absolute Gasteiger partial charge is 0.0720 e. The highest BCUT2D eigenvalue weighted by Crippen LogP contribution is 2.38. The second-order valence-corrected chi connectivity index (χ2v) is 6.77. The molecule has 3 rings (SSSR count). The number of halogens is 1. The molecular formula is C20H21Br. The van der Waals surface area contributed by atoms with E-state index in [0.29, 0.717) is 5.92 Å². The Labute approximate surface area is 136 Å². The van der Waals surface area contributed by atoms with Gasteiger partial charge < -0.3 is 0 Å². The van der Waals surface area contributed by atoms with Crippen molar-refractivity contribution in [1.29, 1.82) is 0 Å². The zero-order valence-electron chi connectivity index (χ0n) is 12.7. The van der Waals surface area contributed by atoms with Gasteiger partial charge in [0.1, 0.15) is 0 Å². The van der Waals surface area contributed by atoms with E-state index in [1.54, 1.807) is 0 Å². The van der Waals surface area contributed by atoms with Crippen molar-refractivity contribution in [2.75, 3.05) is 0 Å².